The van der Waals surface area contributed by atoms with Gasteiger partial charge in [-0.2, -0.15) is 0 Å². The van der Waals surface area contributed by atoms with E-state index < -0.39 is 5.97 Å². The maximum atomic E-state index is 12.1. The molecular weight excluding hydrogens is 388 g/mol. The summed E-state index contributed by atoms with van der Waals surface area (Å²) in [6.45, 7) is 3.57. The van der Waals surface area contributed by atoms with Crippen LogP contribution in [-0.4, -0.2) is 30.6 Å². The normalized spacial score (nSPS) is 10.4. The number of aromatic nitrogens is 1. The van der Waals surface area contributed by atoms with Gasteiger partial charge >= 0.3 is 5.97 Å². The highest BCUT2D eigenvalue weighted by Gasteiger charge is 2.13. The predicted octanol–water partition coefficient (Wildman–Crippen LogP) is 4.16. The number of anilines is 1. The number of nitrogens with one attached hydrogen (secondary N) is 1. The number of rotatable bonds is 7. The van der Waals surface area contributed by atoms with Gasteiger partial charge in [0.25, 0.3) is 5.91 Å². The van der Waals surface area contributed by atoms with Gasteiger partial charge in [-0.25, -0.2) is 4.98 Å². The third-order valence-electron chi connectivity index (χ3n) is 4.23. The van der Waals surface area contributed by atoms with Gasteiger partial charge in [-0.15, -0.1) is 11.3 Å². The first kappa shape index (κ1) is 20.5. The topological polar surface area (TPSA) is 77.5 Å². The van der Waals surface area contributed by atoms with E-state index in [9.17, 15) is 9.59 Å². The molecule has 0 fully saturated rings. The summed E-state index contributed by atoms with van der Waals surface area (Å²) in [5.74, 6) is -0.0944. The first-order valence-electron chi connectivity index (χ1n) is 9.06. The van der Waals surface area contributed by atoms with E-state index in [1.165, 1.54) is 11.3 Å². The van der Waals surface area contributed by atoms with Crippen molar-refractivity contribution in [1.29, 1.82) is 0 Å². The van der Waals surface area contributed by atoms with Crippen LogP contribution in [0.3, 0.4) is 0 Å². The lowest BCUT2D eigenvalue weighted by Gasteiger charge is -2.09. The molecule has 1 amide bonds. The number of carbonyl (C=O) groups is 2. The molecular formula is C22H22N2O4S. The number of esters is 1. The monoisotopic (exact) mass is 410 g/mol. The van der Waals surface area contributed by atoms with Gasteiger partial charge in [0.15, 0.2) is 6.61 Å². The largest absolute Gasteiger partial charge is 0.497 e. The van der Waals surface area contributed by atoms with Crippen LogP contribution in [0.4, 0.5) is 5.69 Å². The van der Waals surface area contributed by atoms with E-state index in [4.69, 9.17) is 9.47 Å². The summed E-state index contributed by atoms with van der Waals surface area (Å²) in [6.07, 6.45) is 0.0174. The van der Waals surface area contributed by atoms with Crippen molar-refractivity contribution in [1.82, 2.24) is 4.98 Å². The van der Waals surface area contributed by atoms with Gasteiger partial charge < -0.3 is 14.8 Å². The number of hydrogen-bond acceptors (Lipinski definition) is 6. The van der Waals surface area contributed by atoms with Gasteiger partial charge in [0.1, 0.15) is 10.8 Å². The number of ether oxygens (including phenoxy) is 2. The second-order valence-electron chi connectivity index (χ2n) is 6.58. The number of nitrogens with zero attached hydrogens (tertiary/aromatic N) is 1. The smallest absolute Gasteiger partial charge is 0.312 e. The Morgan fingerprint density at radius 3 is 2.55 bits per heavy atom. The van der Waals surface area contributed by atoms with Crippen molar-refractivity contribution in [2.75, 3.05) is 19.0 Å². The van der Waals surface area contributed by atoms with Crippen molar-refractivity contribution in [2.24, 2.45) is 0 Å². The molecule has 3 rings (SSSR count). The first-order chi connectivity index (χ1) is 13.9. The minimum absolute atomic E-state index is 0.0174. The van der Waals surface area contributed by atoms with Gasteiger partial charge in [-0.1, -0.05) is 17.7 Å². The lowest BCUT2D eigenvalue weighted by Crippen LogP contribution is -2.22. The van der Waals surface area contributed by atoms with Crippen molar-refractivity contribution in [3.8, 4) is 16.3 Å². The van der Waals surface area contributed by atoms with E-state index in [0.29, 0.717) is 11.4 Å². The maximum Gasteiger partial charge on any atom is 0.312 e. The van der Waals surface area contributed by atoms with Crippen LogP contribution in [0, 0.1) is 13.8 Å². The molecule has 0 unspecified atom stereocenters. The van der Waals surface area contributed by atoms with Crippen molar-refractivity contribution >= 4 is 28.9 Å². The molecule has 0 saturated carbocycles. The number of aryl methyl sites for hydroxylation is 2. The highest BCUT2D eigenvalue weighted by molar-refractivity contribution is 7.13. The van der Waals surface area contributed by atoms with Crippen LogP contribution in [0.15, 0.2) is 47.8 Å². The molecule has 0 radical (unpaired) electrons. The van der Waals surface area contributed by atoms with Gasteiger partial charge in [0.2, 0.25) is 0 Å². The highest BCUT2D eigenvalue weighted by atomic mass is 32.1. The number of benzene rings is 2. The van der Waals surface area contributed by atoms with Gasteiger partial charge in [-0.3, -0.25) is 9.59 Å². The van der Waals surface area contributed by atoms with Crippen molar-refractivity contribution < 1.29 is 19.1 Å². The van der Waals surface area contributed by atoms with Gasteiger partial charge in [-0.05, 0) is 49.7 Å². The van der Waals surface area contributed by atoms with E-state index in [2.05, 4.69) is 10.3 Å². The molecule has 0 aliphatic heterocycles. The van der Waals surface area contributed by atoms with Crippen LogP contribution in [0.2, 0.25) is 0 Å². The average molecular weight is 410 g/mol. The molecule has 2 aromatic carbocycles. The quantitative estimate of drug-likeness (QED) is 0.592. The van der Waals surface area contributed by atoms with Crippen LogP contribution in [0.5, 0.6) is 5.75 Å². The fraction of sp³-hybridized carbons (Fsp3) is 0.227. The average Bonchev–Trinajstić information content (AvgIpc) is 3.17. The highest BCUT2D eigenvalue weighted by Crippen LogP contribution is 2.26. The zero-order valence-corrected chi connectivity index (χ0v) is 17.3. The number of thiazole rings is 1. The van der Waals surface area contributed by atoms with E-state index >= 15 is 0 Å². The van der Waals surface area contributed by atoms with Crippen LogP contribution in [-0.2, 0) is 20.7 Å². The third kappa shape index (κ3) is 5.65. The molecule has 0 aliphatic rings. The van der Waals surface area contributed by atoms with Gasteiger partial charge in [0.05, 0.1) is 19.2 Å². The summed E-state index contributed by atoms with van der Waals surface area (Å²) in [6, 6.07) is 13.3. The summed E-state index contributed by atoms with van der Waals surface area (Å²) >= 11 is 1.45. The SMILES string of the molecule is COc1ccc(-c2nc(CC(=O)OCC(=O)Nc3ccc(C)cc3C)cs2)cc1. The standard InChI is InChI=1S/C22H22N2O4S/c1-14-4-9-19(15(2)10-14)24-20(25)12-28-21(26)11-17-13-29-22(23-17)16-5-7-18(27-3)8-6-16/h4-10,13H,11-12H2,1-3H3,(H,24,25). The summed E-state index contributed by atoms with van der Waals surface area (Å²) in [4.78, 5) is 28.6. The number of methoxy groups -OCH3 is 1. The van der Waals surface area contributed by atoms with Gasteiger partial charge in [0, 0.05) is 16.6 Å². The number of hydrogen-bond donors (Lipinski definition) is 1. The Morgan fingerprint density at radius 2 is 1.86 bits per heavy atom. The van der Waals surface area contributed by atoms with Crippen LogP contribution < -0.4 is 10.1 Å². The number of carbonyl (C=O) groups excluding carboxylic acids is 2. The minimum Gasteiger partial charge on any atom is -0.497 e. The Kier molecular flexibility index (Phi) is 6.61. The summed E-state index contributed by atoms with van der Waals surface area (Å²) in [5.41, 5.74) is 4.34. The third-order valence-corrected chi connectivity index (χ3v) is 5.17. The molecule has 6 nitrogen and oxygen atoms in total. The Morgan fingerprint density at radius 1 is 1.10 bits per heavy atom. The summed E-state index contributed by atoms with van der Waals surface area (Å²) < 4.78 is 10.2. The molecule has 150 valence electrons. The van der Waals surface area contributed by atoms with Crippen LogP contribution in [0.1, 0.15) is 16.8 Å². The van der Waals surface area contributed by atoms with Crippen molar-refractivity contribution in [3.63, 3.8) is 0 Å². The molecule has 0 saturated heterocycles. The van der Waals surface area contributed by atoms with Crippen LogP contribution >= 0.6 is 11.3 Å². The van der Waals surface area contributed by atoms with E-state index in [1.54, 1.807) is 7.11 Å². The summed E-state index contributed by atoms with van der Waals surface area (Å²) in [5, 5.41) is 5.38. The molecule has 1 aromatic heterocycles. The fourth-order valence-corrected chi connectivity index (χ4v) is 3.57. The molecule has 29 heavy (non-hydrogen) atoms. The molecule has 0 atom stereocenters. The van der Waals surface area contributed by atoms with E-state index in [1.807, 2.05) is 61.7 Å². The van der Waals surface area contributed by atoms with E-state index in [-0.39, 0.29) is 18.9 Å². The molecule has 1 heterocycles. The second kappa shape index (κ2) is 9.34. The molecule has 3 aromatic rings. The van der Waals surface area contributed by atoms with E-state index in [0.717, 1.165) is 27.4 Å². The zero-order chi connectivity index (χ0) is 20.8. The molecule has 0 bridgehead atoms. The Labute approximate surface area is 173 Å². The molecule has 0 aliphatic carbocycles. The van der Waals surface area contributed by atoms with Crippen molar-refractivity contribution in [3.05, 3.63) is 64.7 Å². The Balaban J connectivity index is 1.50. The molecule has 7 heteroatoms. The van der Waals surface area contributed by atoms with Crippen LogP contribution in [0.25, 0.3) is 10.6 Å². The fourth-order valence-electron chi connectivity index (χ4n) is 2.74. The predicted molar refractivity (Wildman–Crippen MR) is 113 cm³/mol. The lowest BCUT2D eigenvalue weighted by atomic mass is 10.1. The minimum atomic E-state index is -0.493. The van der Waals surface area contributed by atoms with Crippen molar-refractivity contribution in [2.45, 2.75) is 20.3 Å². The lowest BCUT2D eigenvalue weighted by molar-refractivity contribution is -0.146. The number of amides is 1. The zero-order valence-electron chi connectivity index (χ0n) is 16.5. The molecule has 0 spiro atoms. The Bertz CT molecular complexity index is 1010. The maximum absolute atomic E-state index is 12.1. The molecule has 1 N–H and O–H groups in total. The Hall–Kier alpha value is -3.19. The first-order valence-corrected chi connectivity index (χ1v) is 9.94. The summed E-state index contributed by atoms with van der Waals surface area (Å²) in [7, 11) is 1.62. The second-order valence-corrected chi connectivity index (χ2v) is 7.43.